The number of rotatable bonds is 3. The van der Waals surface area contributed by atoms with Gasteiger partial charge in [-0.05, 0) is 12.8 Å². The molecule has 3 N–H and O–H groups in total. The zero-order chi connectivity index (χ0) is 13.7. The Morgan fingerprint density at radius 2 is 2.26 bits per heavy atom. The molecular weight excluding hydrogens is 240 g/mol. The van der Waals surface area contributed by atoms with Crippen molar-refractivity contribution in [2.24, 2.45) is 17.9 Å². The van der Waals surface area contributed by atoms with Crippen molar-refractivity contribution < 1.29 is 0 Å². The number of nitrogens with one attached hydrogen (secondary N) is 1. The molecule has 1 fully saturated rings. The van der Waals surface area contributed by atoms with Crippen LogP contribution in [0.4, 0.5) is 0 Å². The van der Waals surface area contributed by atoms with Crippen LogP contribution in [0.1, 0.15) is 37.7 Å². The molecule has 2 rings (SSSR count). The highest BCUT2D eigenvalue weighted by Crippen LogP contribution is 2.20. The van der Waals surface area contributed by atoms with E-state index in [2.05, 4.69) is 10.5 Å². The maximum atomic E-state index is 5.61. The minimum absolute atomic E-state index is 0.413. The lowest BCUT2D eigenvalue weighted by Crippen LogP contribution is -2.43. The van der Waals surface area contributed by atoms with E-state index in [4.69, 9.17) is 10.8 Å². The lowest BCUT2D eigenvalue weighted by atomic mass is 9.96. The lowest BCUT2D eigenvalue weighted by molar-refractivity contribution is 0.423. The van der Waals surface area contributed by atoms with E-state index in [1.807, 2.05) is 31.4 Å². The molecule has 0 aromatic carbocycles. The summed E-state index contributed by atoms with van der Waals surface area (Å²) in [5.74, 6) is 6.37. The van der Waals surface area contributed by atoms with Gasteiger partial charge in [0.25, 0.3) is 0 Å². The normalized spacial score (nSPS) is 17.5. The highest BCUT2D eigenvalue weighted by Gasteiger charge is 2.15. The summed E-state index contributed by atoms with van der Waals surface area (Å²) in [6.07, 6.45) is 10.1. The summed E-state index contributed by atoms with van der Waals surface area (Å²) in [7, 11) is 3.91. The summed E-state index contributed by atoms with van der Waals surface area (Å²) in [5.41, 5.74) is 3.87. The first-order chi connectivity index (χ1) is 9.19. The number of nitrogens with two attached hydrogens (primary N) is 1. The van der Waals surface area contributed by atoms with Crippen LogP contribution in [0.2, 0.25) is 0 Å². The molecule has 0 spiro atoms. The Morgan fingerprint density at radius 1 is 1.53 bits per heavy atom. The molecule has 0 unspecified atom stereocenters. The molecule has 0 amide bonds. The lowest BCUT2D eigenvalue weighted by Gasteiger charge is -2.24. The molecule has 1 aliphatic rings. The number of hydrazine groups is 1. The van der Waals surface area contributed by atoms with Crippen molar-refractivity contribution in [2.75, 3.05) is 7.05 Å². The van der Waals surface area contributed by atoms with Crippen LogP contribution in [0.5, 0.6) is 0 Å². The highest BCUT2D eigenvalue weighted by atomic mass is 15.4. The molecule has 6 heteroatoms. The predicted molar refractivity (Wildman–Crippen MR) is 76.3 cm³/mol. The summed E-state index contributed by atoms with van der Waals surface area (Å²) in [5, 5.41) is 4.17. The Morgan fingerprint density at radius 3 is 2.84 bits per heavy atom. The van der Waals surface area contributed by atoms with Crippen LogP contribution in [0.25, 0.3) is 0 Å². The van der Waals surface area contributed by atoms with E-state index in [0.29, 0.717) is 6.04 Å². The third-order valence-electron chi connectivity index (χ3n) is 3.55. The fraction of sp³-hybridized carbons (Fsp3) is 0.692. The smallest absolute Gasteiger partial charge is 0.208 e. The van der Waals surface area contributed by atoms with E-state index >= 15 is 0 Å². The summed E-state index contributed by atoms with van der Waals surface area (Å²) < 4.78 is 1.80. The van der Waals surface area contributed by atoms with Crippen molar-refractivity contribution in [3.8, 4) is 0 Å². The molecule has 0 bridgehead atoms. The number of aryl methyl sites for hydroxylation is 1. The van der Waals surface area contributed by atoms with Gasteiger partial charge in [-0.15, -0.1) is 0 Å². The van der Waals surface area contributed by atoms with Gasteiger partial charge in [0.05, 0.1) is 12.2 Å². The van der Waals surface area contributed by atoms with Gasteiger partial charge in [0.15, 0.2) is 0 Å². The van der Waals surface area contributed by atoms with Crippen molar-refractivity contribution in [3.05, 3.63) is 18.0 Å². The van der Waals surface area contributed by atoms with Gasteiger partial charge in [0.1, 0.15) is 0 Å². The molecule has 6 nitrogen and oxygen atoms in total. The van der Waals surface area contributed by atoms with Crippen molar-refractivity contribution in [1.82, 2.24) is 20.1 Å². The first-order valence-corrected chi connectivity index (χ1v) is 6.92. The van der Waals surface area contributed by atoms with Crippen LogP contribution in [0.15, 0.2) is 17.4 Å². The van der Waals surface area contributed by atoms with Crippen LogP contribution in [-0.4, -0.2) is 33.7 Å². The maximum absolute atomic E-state index is 5.61. The number of aromatic nitrogens is 2. The van der Waals surface area contributed by atoms with Crippen molar-refractivity contribution >= 4 is 5.96 Å². The second-order valence-electron chi connectivity index (χ2n) is 5.27. The molecule has 0 atom stereocenters. The first-order valence-electron chi connectivity index (χ1n) is 6.92. The van der Waals surface area contributed by atoms with Gasteiger partial charge in [-0.25, -0.2) is 10.8 Å². The second kappa shape index (κ2) is 6.56. The Kier molecular flexibility index (Phi) is 4.79. The minimum Gasteiger partial charge on any atom is -0.341 e. The standard InChI is InChI=1S/C13H24N6/c1-18(9-11-8-15-19(2)10-11)13(17-14)16-12-6-4-3-5-7-12/h8,10,12H,3-7,9,14H2,1-2H3,(H,16,17). The fourth-order valence-corrected chi connectivity index (χ4v) is 2.53. The van der Waals surface area contributed by atoms with Gasteiger partial charge in [-0.1, -0.05) is 19.3 Å². The molecule has 1 saturated carbocycles. The predicted octanol–water partition coefficient (Wildman–Crippen LogP) is 1.00. The SMILES string of the molecule is CN(Cc1cnn(C)c1)C(=NC1CCCCC1)NN. The number of aliphatic imine (C=N–C) groups is 1. The van der Waals surface area contributed by atoms with Crippen LogP contribution in [-0.2, 0) is 13.6 Å². The third-order valence-corrected chi connectivity index (χ3v) is 3.55. The van der Waals surface area contributed by atoms with Gasteiger partial charge in [0.2, 0.25) is 5.96 Å². The molecule has 1 heterocycles. The van der Waals surface area contributed by atoms with E-state index < -0.39 is 0 Å². The van der Waals surface area contributed by atoms with E-state index in [1.165, 1.54) is 32.1 Å². The van der Waals surface area contributed by atoms with Gasteiger partial charge in [0, 0.05) is 32.4 Å². The summed E-state index contributed by atoms with van der Waals surface area (Å²) in [6.45, 7) is 0.754. The maximum Gasteiger partial charge on any atom is 0.208 e. The highest BCUT2D eigenvalue weighted by molar-refractivity contribution is 5.79. The molecule has 0 radical (unpaired) electrons. The summed E-state index contributed by atoms with van der Waals surface area (Å²) in [6, 6.07) is 0.413. The average Bonchev–Trinajstić information content (AvgIpc) is 2.82. The first kappa shape index (κ1) is 13.9. The molecule has 19 heavy (non-hydrogen) atoms. The Balaban J connectivity index is 1.97. The van der Waals surface area contributed by atoms with Crippen molar-refractivity contribution in [2.45, 2.75) is 44.7 Å². The molecule has 1 aromatic rings. The van der Waals surface area contributed by atoms with E-state index in [-0.39, 0.29) is 0 Å². The fourth-order valence-electron chi connectivity index (χ4n) is 2.53. The number of hydrogen-bond acceptors (Lipinski definition) is 3. The average molecular weight is 264 g/mol. The van der Waals surface area contributed by atoms with Crippen LogP contribution in [0, 0.1) is 0 Å². The van der Waals surface area contributed by atoms with Crippen LogP contribution < -0.4 is 11.3 Å². The van der Waals surface area contributed by atoms with E-state index in [1.54, 1.807) is 4.68 Å². The quantitative estimate of drug-likeness (QED) is 0.370. The Labute approximate surface area is 114 Å². The van der Waals surface area contributed by atoms with Crippen molar-refractivity contribution in [1.29, 1.82) is 0 Å². The molecule has 1 aliphatic carbocycles. The monoisotopic (exact) mass is 264 g/mol. The minimum atomic E-state index is 0.413. The molecule has 106 valence electrons. The van der Waals surface area contributed by atoms with Gasteiger partial charge >= 0.3 is 0 Å². The number of guanidine groups is 1. The summed E-state index contributed by atoms with van der Waals surface area (Å²) >= 11 is 0. The van der Waals surface area contributed by atoms with Gasteiger partial charge in [-0.2, -0.15) is 5.10 Å². The molecule has 0 aliphatic heterocycles. The van der Waals surface area contributed by atoms with Crippen LogP contribution in [0.3, 0.4) is 0 Å². The molecule has 0 saturated heterocycles. The molecule has 1 aromatic heterocycles. The topological polar surface area (TPSA) is 71.5 Å². The Bertz CT molecular complexity index is 419. The largest absolute Gasteiger partial charge is 0.341 e. The zero-order valence-electron chi connectivity index (χ0n) is 11.8. The number of nitrogens with zero attached hydrogens (tertiary/aromatic N) is 4. The van der Waals surface area contributed by atoms with E-state index in [9.17, 15) is 0 Å². The van der Waals surface area contributed by atoms with Crippen LogP contribution >= 0.6 is 0 Å². The van der Waals surface area contributed by atoms with E-state index in [0.717, 1.165) is 18.1 Å². The molecular formula is C13H24N6. The zero-order valence-corrected chi connectivity index (χ0v) is 11.8. The van der Waals surface area contributed by atoms with Gasteiger partial charge in [-0.3, -0.25) is 10.1 Å². The Hall–Kier alpha value is -1.56. The number of hydrogen-bond donors (Lipinski definition) is 2. The summed E-state index contributed by atoms with van der Waals surface area (Å²) in [4.78, 5) is 6.77. The van der Waals surface area contributed by atoms with Gasteiger partial charge < -0.3 is 4.90 Å². The third kappa shape index (κ3) is 3.96. The second-order valence-corrected chi connectivity index (χ2v) is 5.27. The van der Waals surface area contributed by atoms with Crippen molar-refractivity contribution in [3.63, 3.8) is 0 Å².